The Bertz CT molecular complexity index is 519. The standard InChI is InChI=1S/C18H30N4O/c1-13-5-7-16(8-6-13)21-18(23)14(2)20-12-15-4-3-10-22-11-9-19-17(15)22/h9,11,13-16,20H,3-8,10,12H2,1-2H3,(H,21,23). The molecule has 23 heavy (non-hydrogen) atoms. The summed E-state index contributed by atoms with van der Waals surface area (Å²) in [5, 5.41) is 6.63. The van der Waals surface area contributed by atoms with Crippen LogP contribution in [-0.4, -0.2) is 34.1 Å². The van der Waals surface area contributed by atoms with Gasteiger partial charge in [-0.3, -0.25) is 4.79 Å². The zero-order valence-electron chi connectivity index (χ0n) is 14.4. The molecule has 0 spiro atoms. The second-order valence-electron chi connectivity index (χ2n) is 7.41. The number of imidazole rings is 1. The van der Waals surface area contributed by atoms with Gasteiger partial charge in [0.15, 0.2) is 0 Å². The Morgan fingerprint density at radius 3 is 2.91 bits per heavy atom. The van der Waals surface area contributed by atoms with Crippen LogP contribution in [0.25, 0.3) is 0 Å². The number of amides is 1. The Morgan fingerprint density at radius 2 is 2.13 bits per heavy atom. The fourth-order valence-corrected chi connectivity index (χ4v) is 3.84. The third-order valence-electron chi connectivity index (χ3n) is 5.49. The first-order valence-electron chi connectivity index (χ1n) is 9.18. The van der Waals surface area contributed by atoms with Crippen LogP contribution >= 0.6 is 0 Å². The van der Waals surface area contributed by atoms with E-state index in [1.54, 1.807) is 0 Å². The number of hydrogen-bond acceptors (Lipinski definition) is 3. The van der Waals surface area contributed by atoms with Crippen LogP contribution in [-0.2, 0) is 11.3 Å². The van der Waals surface area contributed by atoms with E-state index in [-0.39, 0.29) is 11.9 Å². The highest BCUT2D eigenvalue weighted by Gasteiger charge is 2.25. The molecule has 0 aromatic carbocycles. The molecule has 128 valence electrons. The zero-order chi connectivity index (χ0) is 16.2. The van der Waals surface area contributed by atoms with E-state index in [1.807, 2.05) is 13.1 Å². The molecule has 1 aliphatic carbocycles. The number of aryl methyl sites for hydroxylation is 1. The number of hydrogen-bond donors (Lipinski definition) is 2. The maximum absolute atomic E-state index is 12.4. The molecule has 2 heterocycles. The van der Waals surface area contributed by atoms with Crippen LogP contribution < -0.4 is 10.6 Å². The second kappa shape index (κ2) is 7.47. The van der Waals surface area contributed by atoms with Gasteiger partial charge in [-0.25, -0.2) is 4.98 Å². The lowest BCUT2D eigenvalue weighted by Gasteiger charge is -2.29. The van der Waals surface area contributed by atoms with E-state index in [9.17, 15) is 4.79 Å². The van der Waals surface area contributed by atoms with Crippen LogP contribution in [0.15, 0.2) is 12.4 Å². The van der Waals surface area contributed by atoms with Crippen LogP contribution in [0.2, 0.25) is 0 Å². The molecule has 1 aromatic heterocycles. The number of rotatable bonds is 5. The van der Waals surface area contributed by atoms with Crippen molar-refractivity contribution in [3.05, 3.63) is 18.2 Å². The van der Waals surface area contributed by atoms with Gasteiger partial charge in [0, 0.05) is 37.4 Å². The van der Waals surface area contributed by atoms with Gasteiger partial charge in [0.1, 0.15) is 5.82 Å². The minimum absolute atomic E-state index is 0.139. The molecular formula is C18H30N4O. The quantitative estimate of drug-likeness (QED) is 0.876. The lowest BCUT2D eigenvalue weighted by Crippen LogP contribution is -2.48. The molecule has 1 aliphatic heterocycles. The van der Waals surface area contributed by atoms with Crippen molar-refractivity contribution in [2.45, 2.75) is 76.9 Å². The van der Waals surface area contributed by atoms with Crippen LogP contribution in [0.3, 0.4) is 0 Å². The molecule has 3 rings (SSSR count). The Hall–Kier alpha value is -1.36. The Labute approximate surface area is 139 Å². The molecule has 1 fully saturated rings. The fourth-order valence-electron chi connectivity index (χ4n) is 3.84. The Kier molecular flexibility index (Phi) is 5.36. The van der Waals surface area contributed by atoms with Crippen LogP contribution in [0, 0.1) is 5.92 Å². The van der Waals surface area contributed by atoms with E-state index in [2.05, 4.69) is 33.3 Å². The van der Waals surface area contributed by atoms with Crippen molar-refractivity contribution in [1.29, 1.82) is 0 Å². The van der Waals surface area contributed by atoms with E-state index in [4.69, 9.17) is 0 Å². The van der Waals surface area contributed by atoms with E-state index in [1.165, 1.54) is 19.3 Å². The minimum Gasteiger partial charge on any atom is -0.352 e. The average Bonchev–Trinajstić information content (AvgIpc) is 3.03. The molecule has 0 saturated heterocycles. The van der Waals surface area contributed by atoms with Crippen molar-refractivity contribution >= 4 is 5.91 Å². The largest absolute Gasteiger partial charge is 0.352 e. The van der Waals surface area contributed by atoms with E-state index in [0.717, 1.165) is 44.1 Å². The molecule has 2 unspecified atom stereocenters. The van der Waals surface area contributed by atoms with Gasteiger partial charge in [-0.05, 0) is 51.4 Å². The summed E-state index contributed by atoms with van der Waals surface area (Å²) < 4.78 is 2.24. The predicted octanol–water partition coefficient (Wildman–Crippen LogP) is 2.43. The first kappa shape index (κ1) is 16.5. The molecule has 5 nitrogen and oxygen atoms in total. The number of carbonyl (C=O) groups excluding carboxylic acids is 1. The fraction of sp³-hybridized carbons (Fsp3) is 0.778. The average molecular weight is 318 g/mol. The van der Waals surface area contributed by atoms with Crippen LogP contribution in [0.1, 0.15) is 64.1 Å². The smallest absolute Gasteiger partial charge is 0.237 e. The van der Waals surface area contributed by atoms with Gasteiger partial charge in [0.05, 0.1) is 6.04 Å². The lowest BCUT2D eigenvalue weighted by molar-refractivity contribution is -0.123. The highest BCUT2D eigenvalue weighted by Crippen LogP contribution is 2.25. The van der Waals surface area contributed by atoms with Crippen molar-refractivity contribution in [2.24, 2.45) is 5.92 Å². The summed E-state index contributed by atoms with van der Waals surface area (Å²) in [7, 11) is 0. The Balaban J connectivity index is 1.44. The van der Waals surface area contributed by atoms with Gasteiger partial charge in [-0.2, -0.15) is 0 Å². The minimum atomic E-state index is -0.139. The second-order valence-corrected chi connectivity index (χ2v) is 7.41. The van der Waals surface area contributed by atoms with Crippen molar-refractivity contribution in [3.63, 3.8) is 0 Å². The zero-order valence-corrected chi connectivity index (χ0v) is 14.4. The Morgan fingerprint density at radius 1 is 1.35 bits per heavy atom. The molecule has 1 saturated carbocycles. The number of aromatic nitrogens is 2. The van der Waals surface area contributed by atoms with Gasteiger partial charge in [-0.1, -0.05) is 6.92 Å². The molecule has 1 aromatic rings. The number of nitrogens with zero attached hydrogens (tertiary/aromatic N) is 2. The third-order valence-corrected chi connectivity index (χ3v) is 5.49. The molecule has 1 amide bonds. The van der Waals surface area contributed by atoms with Crippen LogP contribution in [0.5, 0.6) is 0 Å². The summed E-state index contributed by atoms with van der Waals surface area (Å²) in [4.78, 5) is 16.9. The summed E-state index contributed by atoms with van der Waals surface area (Å²) in [6, 6.07) is 0.233. The summed E-state index contributed by atoms with van der Waals surface area (Å²) >= 11 is 0. The first-order valence-corrected chi connectivity index (χ1v) is 9.18. The van der Waals surface area contributed by atoms with Crippen LogP contribution in [0.4, 0.5) is 0 Å². The number of carbonyl (C=O) groups is 1. The molecule has 0 radical (unpaired) electrons. The summed E-state index contributed by atoms with van der Waals surface area (Å²) in [6.07, 6.45) is 11.0. The van der Waals surface area contributed by atoms with Gasteiger partial charge in [0.25, 0.3) is 0 Å². The SMILES string of the molecule is CC1CCC(NC(=O)C(C)NCC2CCCn3ccnc32)CC1. The van der Waals surface area contributed by atoms with Gasteiger partial charge in [0.2, 0.25) is 5.91 Å². The van der Waals surface area contributed by atoms with Crippen molar-refractivity contribution in [2.75, 3.05) is 6.54 Å². The molecular weight excluding hydrogens is 288 g/mol. The maximum Gasteiger partial charge on any atom is 0.237 e. The highest BCUT2D eigenvalue weighted by atomic mass is 16.2. The van der Waals surface area contributed by atoms with Gasteiger partial charge < -0.3 is 15.2 Å². The molecule has 5 heteroatoms. The molecule has 0 bridgehead atoms. The summed E-state index contributed by atoms with van der Waals surface area (Å²) in [6.45, 7) is 6.17. The third kappa shape index (κ3) is 4.14. The molecule has 2 aliphatic rings. The van der Waals surface area contributed by atoms with E-state index < -0.39 is 0 Å². The van der Waals surface area contributed by atoms with Crippen molar-refractivity contribution in [3.8, 4) is 0 Å². The van der Waals surface area contributed by atoms with Crippen molar-refractivity contribution < 1.29 is 4.79 Å². The summed E-state index contributed by atoms with van der Waals surface area (Å²) in [5.41, 5.74) is 0. The van der Waals surface area contributed by atoms with E-state index >= 15 is 0 Å². The topological polar surface area (TPSA) is 59.0 Å². The van der Waals surface area contributed by atoms with E-state index in [0.29, 0.717) is 12.0 Å². The highest BCUT2D eigenvalue weighted by molar-refractivity contribution is 5.81. The first-order chi connectivity index (χ1) is 11.1. The molecule has 2 N–H and O–H groups in total. The van der Waals surface area contributed by atoms with Gasteiger partial charge in [-0.15, -0.1) is 0 Å². The lowest BCUT2D eigenvalue weighted by atomic mass is 9.87. The van der Waals surface area contributed by atoms with Crippen molar-refractivity contribution in [1.82, 2.24) is 20.2 Å². The maximum atomic E-state index is 12.4. The number of fused-ring (bicyclic) bond motifs is 1. The molecule has 2 atom stereocenters. The number of nitrogens with one attached hydrogen (secondary N) is 2. The monoisotopic (exact) mass is 318 g/mol. The predicted molar refractivity (Wildman–Crippen MR) is 91.2 cm³/mol. The normalized spacial score (nSPS) is 28.9. The van der Waals surface area contributed by atoms with Gasteiger partial charge >= 0.3 is 0 Å². The summed E-state index contributed by atoms with van der Waals surface area (Å²) in [5.74, 6) is 2.54.